The number of piperidine rings is 2. The molecular weight excluding hydrogens is 509 g/mol. The van der Waals surface area contributed by atoms with Gasteiger partial charge in [-0.25, -0.2) is 17.8 Å². The quantitative estimate of drug-likeness (QED) is 0.521. The molecule has 162 valence electrons. The maximum absolute atomic E-state index is 13.9. The second-order valence-corrected chi connectivity index (χ2v) is 11.2. The van der Waals surface area contributed by atoms with Crippen molar-refractivity contribution < 1.29 is 17.9 Å². The van der Waals surface area contributed by atoms with E-state index in [0.717, 1.165) is 0 Å². The van der Waals surface area contributed by atoms with Crippen LogP contribution >= 0.6 is 27.5 Å². The highest BCUT2D eigenvalue weighted by Crippen LogP contribution is 2.46. The predicted molar refractivity (Wildman–Crippen MR) is 119 cm³/mol. The lowest BCUT2D eigenvalue weighted by atomic mass is 9.70. The fourth-order valence-electron chi connectivity index (χ4n) is 4.30. The van der Waals surface area contributed by atoms with E-state index in [0.29, 0.717) is 46.4 Å². The molecule has 1 aliphatic carbocycles. The van der Waals surface area contributed by atoms with Gasteiger partial charge in [0.2, 0.25) is 10.0 Å². The van der Waals surface area contributed by atoms with Gasteiger partial charge in [0.25, 0.3) is 0 Å². The van der Waals surface area contributed by atoms with E-state index in [-0.39, 0.29) is 22.5 Å². The van der Waals surface area contributed by atoms with Gasteiger partial charge in [0, 0.05) is 23.7 Å². The largest absolute Gasteiger partial charge is 0.390 e. The Labute approximate surface area is 192 Å². The highest BCUT2D eigenvalue weighted by atomic mass is 79.9. The van der Waals surface area contributed by atoms with Gasteiger partial charge in [-0.2, -0.15) is 4.31 Å². The van der Waals surface area contributed by atoms with Crippen molar-refractivity contribution >= 4 is 37.6 Å². The molecule has 3 aliphatic rings. The van der Waals surface area contributed by atoms with Gasteiger partial charge in [0.15, 0.2) is 0 Å². The minimum atomic E-state index is -3.82. The van der Waals surface area contributed by atoms with Crippen molar-refractivity contribution in [3.63, 3.8) is 0 Å². The third-order valence-electron chi connectivity index (χ3n) is 6.03. The van der Waals surface area contributed by atoms with Crippen LogP contribution in [0.4, 0.5) is 4.39 Å². The fourth-order valence-corrected chi connectivity index (χ4v) is 6.67. The molecular formula is C21H18BrClFN3O3S. The Kier molecular flexibility index (Phi) is 5.02. The minimum absolute atomic E-state index is 0.0108. The van der Waals surface area contributed by atoms with E-state index in [4.69, 9.17) is 11.6 Å². The molecule has 2 N–H and O–H groups in total. The number of hydrogen-bond acceptors (Lipinski definition) is 4. The number of aliphatic hydroxyl groups is 1. The molecule has 0 amide bonds. The van der Waals surface area contributed by atoms with Crippen molar-refractivity contribution in [2.75, 3.05) is 6.54 Å². The van der Waals surface area contributed by atoms with Gasteiger partial charge in [-0.3, -0.25) is 0 Å². The summed E-state index contributed by atoms with van der Waals surface area (Å²) in [4.78, 5) is 7.46. The van der Waals surface area contributed by atoms with Gasteiger partial charge in [0.05, 0.1) is 27.0 Å². The summed E-state index contributed by atoms with van der Waals surface area (Å²) in [6.45, 7) is 0.268. The van der Waals surface area contributed by atoms with Gasteiger partial charge >= 0.3 is 0 Å². The Balaban J connectivity index is 1.48. The van der Waals surface area contributed by atoms with Crippen LogP contribution in [0.25, 0.3) is 22.6 Å². The van der Waals surface area contributed by atoms with Gasteiger partial charge in [-0.15, -0.1) is 0 Å². The number of sulfonamides is 1. The lowest BCUT2D eigenvalue weighted by Crippen LogP contribution is -2.63. The summed E-state index contributed by atoms with van der Waals surface area (Å²) in [6.07, 6.45) is 2.90. The van der Waals surface area contributed by atoms with Crippen LogP contribution in [0.3, 0.4) is 0 Å². The van der Waals surface area contributed by atoms with E-state index in [1.807, 2.05) is 0 Å². The number of aromatic nitrogens is 2. The van der Waals surface area contributed by atoms with Crippen molar-refractivity contribution in [2.24, 2.45) is 0 Å². The molecule has 2 saturated heterocycles. The van der Waals surface area contributed by atoms with Crippen LogP contribution in [0.15, 0.2) is 52.0 Å². The van der Waals surface area contributed by atoms with E-state index in [2.05, 4.69) is 25.9 Å². The van der Waals surface area contributed by atoms with Crippen LogP contribution in [-0.4, -0.2) is 46.0 Å². The van der Waals surface area contributed by atoms with Crippen LogP contribution in [0, 0.1) is 5.82 Å². The number of halogens is 3. The molecule has 1 saturated carbocycles. The number of benzene rings is 2. The molecule has 1 aromatic heterocycles. The average Bonchev–Trinajstić information content (AvgIpc) is 3.20. The van der Waals surface area contributed by atoms with Crippen molar-refractivity contribution in [1.82, 2.24) is 14.3 Å². The molecule has 6 nitrogen and oxygen atoms in total. The molecule has 31 heavy (non-hydrogen) atoms. The third-order valence-corrected chi connectivity index (χ3v) is 9.11. The first-order valence-corrected chi connectivity index (χ1v) is 12.3. The van der Waals surface area contributed by atoms with E-state index in [1.165, 1.54) is 22.5 Å². The molecule has 0 spiro atoms. The van der Waals surface area contributed by atoms with Crippen LogP contribution in [0.5, 0.6) is 0 Å². The smallest absolute Gasteiger partial charge is 0.244 e. The second-order valence-electron chi connectivity index (χ2n) is 8.07. The monoisotopic (exact) mass is 525 g/mol. The van der Waals surface area contributed by atoms with Crippen molar-refractivity contribution in [1.29, 1.82) is 0 Å². The summed E-state index contributed by atoms with van der Waals surface area (Å²) < 4.78 is 42.3. The number of fused-ring (bicyclic) bond motifs is 2. The Morgan fingerprint density at radius 3 is 2.65 bits per heavy atom. The predicted octanol–water partition coefficient (Wildman–Crippen LogP) is 4.59. The van der Waals surface area contributed by atoms with Gasteiger partial charge in [0.1, 0.15) is 16.5 Å². The maximum atomic E-state index is 13.9. The number of nitrogens with one attached hydrogen (secondary N) is 1. The summed E-state index contributed by atoms with van der Waals surface area (Å²) in [5.74, 6) is 0.0565. The fraction of sp³-hybridized carbons (Fsp3) is 0.286. The van der Waals surface area contributed by atoms with Crippen LogP contribution in [0.2, 0.25) is 5.02 Å². The van der Waals surface area contributed by atoms with E-state index in [1.54, 1.807) is 24.4 Å². The number of rotatable bonds is 4. The molecule has 3 aromatic rings. The van der Waals surface area contributed by atoms with Crippen LogP contribution < -0.4 is 0 Å². The van der Waals surface area contributed by atoms with Gasteiger partial charge in [-0.05, 0) is 65.5 Å². The molecule has 10 heteroatoms. The lowest BCUT2D eigenvalue weighted by molar-refractivity contribution is -0.114. The molecule has 0 atom stereocenters. The molecule has 0 radical (unpaired) electrons. The molecule has 2 aliphatic heterocycles. The number of hydrogen-bond donors (Lipinski definition) is 2. The standard InChI is InChI=1S/C21H18BrClFN3O3S/c22-15-3-1-12(7-17(15)24)18-11-25-20(26-18)13-2-4-16(23)19(8-13)31(29,30)27-6-5-21(28)9-14(27)10-21/h1-4,7-8,11,14,28H,5-6,9-10H2,(H,25,26). The van der Waals surface area contributed by atoms with Crippen molar-refractivity contribution in [3.05, 3.63) is 57.9 Å². The number of aromatic amines is 1. The Bertz CT molecular complexity index is 1290. The van der Waals surface area contributed by atoms with Gasteiger partial charge in [-0.1, -0.05) is 17.7 Å². The van der Waals surface area contributed by atoms with E-state index >= 15 is 0 Å². The first-order chi connectivity index (χ1) is 14.7. The Morgan fingerprint density at radius 1 is 1.23 bits per heavy atom. The molecule has 3 fully saturated rings. The second kappa shape index (κ2) is 7.38. The minimum Gasteiger partial charge on any atom is -0.390 e. The first kappa shape index (κ1) is 21.1. The molecule has 0 unspecified atom stereocenters. The number of H-pyrrole nitrogens is 1. The topological polar surface area (TPSA) is 86.3 Å². The number of imidazole rings is 1. The highest BCUT2D eigenvalue weighted by molar-refractivity contribution is 9.10. The summed E-state index contributed by atoms with van der Waals surface area (Å²) in [5, 5.41) is 10.3. The maximum Gasteiger partial charge on any atom is 0.244 e. The van der Waals surface area contributed by atoms with Crippen molar-refractivity contribution in [2.45, 2.75) is 35.8 Å². The van der Waals surface area contributed by atoms with E-state index in [9.17, 15) is 17.9 Å². The first-order valence-electron chi connectivity index (χ1n) is 9.71. The van der Waals surface area contributed by atoms with Crippen LogP contribution in [0.1, 0.15) is 19.3 Å². The highest BCUT2D eigenvalue weighted by Gasteiger charge is 2.53. The van der Waals surface area contributed by atoms with E-state index < -0.39 is 21.4 Å². The Morgan fingerprint density at radius 2 is 1.97 bits per heavy atom. The average molecular weight is 527 g/mol. The zero-order valence-corrected chi connectivity index (χ0v) is 19.3. The Hall–Kier alpha value is -1.78. The van der Waals surface area contributed by atoms with Gasteiger partial charge < -0.3 is 10.1 Å². The molecule has 3 heterocycles. The SMILES string of the molecule is O=S(=O)(c1cc(-c2ncc(-c3ccc(Br)c(F)c3)[nH]2)ccc1Cl)N1CCC2(O)CC1C2. The summed E-state index contributed by atoms with van der Waals surface area (Å²) in [6, 6.07) is 9.26. The van der Waals surface area contributed by atoms with Crippen molar-refractivity contribution in [3.8, 4) is 22.6 Å². The summed E-state index contributed by atoms with van der Waals surface area (Å²) in [5.41, 5.74) is 1.05. The van der Waals surface area contributed by atoms with Crippen LogP contribution in [-0.2, 0) is 10.0 Å². The third kappa shape index (κ3) is 3.62. The molecule has 2 aromatic carbocycles. The zero-order chi connectivity index (χ0) is 22.0. The molecule has 6 rings (SSSR count). The lowest BCUT2D eigenvalue weighted by Gasteiger charge is -2.53. The normalized spacial score (nSPS) is 23.5. The zero-order valence-electron chi connectivity index (χ0n) is 16.1. The summed E-state index contributed by atoms with van der Waals surface area (Å²) in [7, 11) is -3.82. The number of nitrogens with zero attached hydrogens (tertiary/aromatic N) is 2. The summed E-state index contributed by atoms with van der Waals surface area (Å²) >= 11 is 9.41. The molecule has 2 bridgehead atoms.